The number of carbonyl (C=O) groups excluding carboxylic acids is 1. The number of piperidine rings is 1. The van der Waals surface area contributed by atoms with E-state index >= 15 is 0 Å². The highest BCUT2D eigenvalue weighted by Gasteiger charge is 2.26. The number of hydrogen-bond donors (Lipinski definition) is 1. The van der Waals surface area contributed by atoms with E-state index in [1.807, 2.05) is 43.3 Å². The van der Waals surface area contributed by atoms with Crippen LogP contribution in [0.4, 0.5) is 0 Å². The van der Waals surface area contributed by atoms with E-state index in [4.69, 9.17) is 0 Å². The molecule has 1 aromatic carbocycles. The lowest BCUT2D eigenvalue weighted by molar-refractivity contribution is -0.130. The number of β-amino-alcohol motifs (C(OH)–C–C–N with tert-alkyl or cyclic N) is 1. The van der Waals surface area contributed by atoms with E-state index in [1.54, 1.807) is 17.2 Å². The van der Waals surface area contributed by atoms with Crippen LogP contribution >= 0.6 is 0 Å². The number of amides is 1. The number of likely N-dealkylation sites (tertiary alicyclic amines) is 1. The maximum absolute atomic E-state index is 12.3. The molecule has 0 saturated carbocycles. The van der Waals surface area contributed by atoms with Crippen molar-refractivity contribution in [3.8, 4) is 0 Å². The summed E-state index contributed by atoms with van der Waals surface area (Å²) in [6.45, 7) is 3.14. The molecule has 0 spiro atoms. The molecule has 1 N–H and O–H groups in total. The summed E-state index contributed by atoms with van der Waals surface area (Å²) in [5, 5.41) is 11.0. The fourth-order valence-electron chi connectivity index (χ4n) is 2.78. The summed E-state index contributed by atoms with van der Waals surface area (Å²) in [6.07, 6.45) is 5.56. The van der Waals surface area contributed by atoms with Crippen molar-refractivity contribution >= 4 is 22.9 Å². The van der Waals surface area contributed by atoms with Crippen LogP contribution in [0, 0.1) is 5.92 Å². The predicted molar refractivity (Wildman–Crippen MR) is 87.1 cm³/mol. The molecule has 2 unspecified atom stereocenters. The number of nitrogens with zero attached hydrogens (tertiary/aromatic N) is 2. The van der Waals surface area contributed by atoms with Crippen molar-refractivity contribution in [1.82, 2.24) is 9.88 Å². The number of hydrogen-bond acceptors (Lipinski definition) is 3. The van der Waals surface area contributed by atoms with Gasteiger partial charge in [-0.15, -0.1) is 0 Å². The molecule has 1 fully saturated rings. The number of pyridine rings is 1. The minimum atomic E-state index is -0.426. The maximum Gasteiger partial charge on any atom is 0.246 e. The van der Waals surface area contributed by atoms with Crippen LogP contribution in [-0.2, 0) is 4.79 Å². The van der Waals surface area contributed by atoms with Crippen molar-refractivity contribution in [2.24, 2.45) is 5.92 Å². The first kappa shape index (κ1) is 14.7. The van der Waals surface area contributed by atoms with Gasteiger partial charge >= 0.3 is 0 Å². The van der Waals surface area contributed by atoms with E-state index in [9.17, 15) is 9.90 Å². The molecule has 0 bridgehead atoms. The molecule has 3 rings (SSSR count). The molecule has 2 aromatic rings. The van der Waals surface area contributed by atoms with Crippen LogP contribution in [0.25, 0.3) is 17.0 Å². The molecule has 0 radical (unpaired) electrons. The Labute approximate surface area is 130 Å². The van der Waals surface area contributed by atoms with Gasteiger partial charge < -0.3 is 10.0 Å². The summed E-state index contributed by atoms with van der Waals surface area (Å²) in [7, 11) is 0. The predicted octanol–water partition coefficient (Wildman–Crippen LogP) is 2.48. The van der Waals surface area contributed by atoms with Gasteiger partial charge in [-0.3, -0.25) is 9.78 Å². The summed E-state index contributed by atoms with van der Waals surface area (Å²) in [6, 6.07) is 9.82. The van der Waals surface area contributed by atoms with Crippen LogP contribution < -0.4 is 0 Å². The Morgan fingerprint density at radius 3 is 3.00 bits per heavy atom. The number of aromatic nitrogens is 1. The van der Waals surface area contributed by atoms with Gasteiger partial charge in [-0.2, -0.15) is 0 Å². The number of carbonyl (C=O) groups is 1. The zero-order valence-electron chi connectivity index (χ0n) is 12.6. The van der Waals surface area contributed by atoms with Gasteiger partial charge in [-0.1, -0.05) is 31.2 Å². The first-order valence-electron chi connectivity index (χ1n) is 7.64. The summed E-state index contributed by atoms with van der Waals surface area (Å²) < 4.78 is 0. The SMILES string of the molecule is CC1CCN(C(=O)/C=C/c2cccc3cccnc23)CC1O. The molecule has 2 atom stereocenters. The largest absolute Gasteiger partial charge is 0.391 e. The van der Waals surface area contributed by atoms with Crippen LogP contribution in [0.3, 0.4) is 0 Å². The Morgan fingerprint density at radius 2 is 2.18 bits per heavy atom. The molecule has 114 valence electrons. The number of aliphatic hydroxyl groups excluding tert-OH is 1. The summed E-state index contributed by atoms with van der Waals surface area (Å²) in [5.74, 6) is 0.203. The number of aliphatic hydroxyl groups is 1. The molecule has 4 heteroatoms. The standard InChI is InChI=1S/C18H20N2O2/c1-13-9-11-20(12-16(13)21)17(22)8-7-15-5-2-4-14-6-3-10-19-18(14)15/h2-8,10,13,16,21H,9,11-12H2,1H3/b8-7+. The second-order valence-electron chi connectivity index (χ2n) is 5.87. The molecule has 2 heterocycles. The Balaban J connectivity index is 1.77. The fraction of sp³-hybridized carbons (Fsp3) is 0.333. The molecular formula is C18H20N2O2. The van der Waals surface area contributed by atoms with Crippen LogP contribution in [0.15, 0.2) is 42.6 Å². The third-order valence-corrected chi connectivity index (χ3v) is 4.30. The molecule has 1 saturated heterocycles. The highest BCUT2D eigenvalue weighted by atomic mass is 16.3. The second kappa shape index (κ2) is 6.28. The molecule has 22 heavy (non-hydrogen) atoms. The summed E-state index contributed by atoms with van der Waals surface area (Å²) in [4.78, 5) is 18.4. The minimum Gasteiger partial charge on any atom is -0.391 e. The lowest BCUT2D eigenvalue weighted by Gasteiger charge is -2.33. The first-order valence-corrected chi connectivity index (χ1v) is 7.64. The van der Waals surface area contributed by atoms with Crippen molar-refractivity contribution in [1.29, 1.82) is 0 Å². The number of para-hydroxylation sites is 1. The van der Waals surface area contributed by atoms with E-state index in [0.29, 0.717) is 13.1 Å². The summed E-state index contributed by atoms with van der Waals surface area (Å²) in [5.41, 5.74) is 1.82. The zero-order valence-corrected chi connectivity index (χ0v) is 12.6. The molecule has 4 nitrogen and oxygen atoms in total. The van der Waals surface area contributed by atoms with E-state index in [0.717, 1.165) is 22.9 Å². The quantitative estimate of drug-likeness (QED) is 0.866. The van der Waals surface area contributed by atoms with Gasteiger partial charge in [0.05, 0.1) is 11.6 Å². The third kappa shape index (κ3) is 3.02. The number of rotatable bonds is 2. The number of fused-ring (bicyclic) bond motifs is 1. The molecule has 1 aromatic heterocycles. The van der Waals surface area contributed by atoms with Gasteiger partial charge in [0.2, 0.25) is 5.91 Å². The highest BCUT2D eigenvalue weighted by Crippen LogP contribution is 2.19. The topological polar surface area (TPSA) is 53.4 Å². The van der Waals surface area contributed by atoms with E-state index in [2.05, 4.69) is 4.98 Å². The summed E-state index contributed by atoms with van der Waals surface area (Å²) >= 11 is 0. The molecule has 1 aliphatic heterocycles. The average molecular weight is 296 g/mol. The van der Waals surface area contributed by atoms with Gasteiger partial charge in [0.15, 0.2) is 0 Å². The van der Waals surface area contributed by atoms with Gasteiger partial charge in [0.25, 0.3) is 0 Å². The smallest absolute Gasteiger partial charge is 0.246 e. The minimum absolute atomic E-state index is 0.0566. The van der Waals surface area contributed by atoms with Crippen LogP contribution in [0.1, 0.15) is 18.9 Å². The highest BCUT2D eigenvalue weighted by molar-refractivity contribution is 5.95. The van der Waals surface area contributed by atoms with Crippen molar-refractivity contribution in [3.05, 3.63) is 48.2 Å². The Hall–Kier alpha value is -2.20. The number of benzene rings is 1. The Morgan fingerprint density at radius 1 is 1.36 bits per heavy atom. The third-order valence-electron chi connectivity index (χ3n) is 4.30. The van der Waals surface area contributed by atoms with Crippen molar-refractivity contribution in [2.45, 2.75) is 19.4 Å². The van der Waals surface area contributed by atoms with Crippen molar-refractivity contribution < 1.29 is 9.90 Å². The van der Waals surface area contributed by atoms with Crippen molar-refractivity contribution in [3.63, 3.8) is 0 Å². The maximum atomic E-state index is 12.3. The van der Waals surface area contributed by atoms with Gasteiger partial charge in [0, 0.05) is 36.3 Å². The van der Waals surface area contributed by atoms with Crippen LogP contribution in [0.5, 0.6) is 0 Å². The van der Waals surface area contributed by atoms with E-state index in [-0.39, 0.29) is 11.8 Å². The second-order valence-corrected chi connectivity index (χ2v) is 5.87. The average Bonchev–Trinajstić information content (AvgIpc) is 2.55. The molecule has 1 amide bonds. The monoisotopic (exact) mass is 296 g/mol. The Kier molecular flexibility index (Phi) is 4.20. The van der Waals surface area contributed by atoms with Crippen LogP contribution in [-0.4, -0.2) is 40.1 Å². The Bertz CT molecular complexity index is 706. The normalized spacial score (nSPS) is 22.4. The first-order chi connectivity index (χ1) is 10.6. The van der Waals surface area contributed by atoms with Gasteiger partial charge in [-0.05, 0) is 24.5 Å². The molecular weight excluding hydrogens is 276 g/mol. The molecule has 0 aliphatic carbocycles. The van der Waals surface area contributed by atoms with Crippen molar-refractivity contribution in [2.75, 3.05) is 13.1 Å². The van der Waals surface area contributed by atoms with Gasteiger partial charge in [0.1, 0.15) is 0 Å². The lowest BCUT2D eigenvalue weighted by Crippen LogP contribution is -2.45. The van der Waals surface area contributed by atoms with Crippen LogP contribution in [0.2, 0.25) is 0 Å². The van der Waals surface area contributed by atoms with E-state index < -0.39 is 6.10 Å². The lowest BCUT2D eigenvalue weighted by atomic mass is 9.96. The van der Waals surface area contributed by atoms with E-state index in [1.165, 1.54) is 0 Å². The molecule has 1 aliphatic rings. The fourth-order valence-corrected chi connectivity index (χ4v) is 2.78. The zero-order chi connectivity index (χ0) is 15.5. The van der Waals surface area contributed by atoms with Gasteiger partial charge in [-0.25, -0.2) is 0 Å².